The molecule has 25 heavy (non-hydrogen) atoms. The maximum Gasteiger partial charge on any atom is 0.252 e. The van der Waals surface area contributed by atoms with Gasteiger partial charge in [0.2, 0.25) is 10.0 Å². The second kappa shape index (κ2) is 7.00. The lowest BCUT2D eigenvalue weighted by Crippen LogP contribution is -2.28. The number of hydrogen-bond donors (Lipinski definition) is 2. The van der Waals surface area contributed by atoms with E-state index in [4.69, 9.17) is 11.6 Å². The zero-order chi connectivity index (χ0) is 18.0. The van der Waals surface area contributed by atoms with Crippen molar-refractivity contribution in [2.45, 2.75) is 19.2 Å². The predicted molar refractivity (Wildman–Crippen MR) is 100 cm³/mol. The van der Waals surface area contributed by atoms with E-state index in [-0.39, 0.29) is 17.9 Å². The molecule has 2 N–H and O–H groups in total. The second-order valence-corrected chi connectivity index (χ2v) is 8.11. The molecule has 1 aromatic heterocycles. The van der Waals surface area contributed by atoms with Crippen LogP contribution in [0.3, 0.4) is 0 Å². The molecule has 1 heterocycles. The summed E-state index contributed by atoms with van der Waals surface area (Å²) in [6, 6.07) is 14.0. The molecule has 0 fully saturated rings. The Morgan fingerprint density at radius 1 is 1.12 bits per heavy atom. The summed E-state index contributed by atoms with van der Waals surface area (Å²) < 4.78 is 26.9. The van der Waals surface area contributed by atoms with Gasteiger partial charge in [0.05, 0.1) is 11.3 Å². The first-order valence-corrected chi connectivity index (χ1v) is 9.70. The Kier molecular flexibility index (Phi) is 4.94. The van der Waals surface area contributed by atoms with Crippen molar-refractivity contribution in [2.24, 2.45) is 0 Å². The van der Waals surface area contributed by atoms with Gasteiger partial charge in [0.1, 0.15) is 0 Å². The number of pyridine rings is 1. The number of H-pyrrole nitrogens is 1. The van der Waals surface area contributed by atoms with Gasteiger partial charge in [-0.05, 0) is 41.6 Å². The molecular weight excluding hydrogens is 360 g/mol. The van der Waals surface area contributed by atoms with Gasteiger partial charge in [-0.25, -0.2) is 13.1 Å². The monoisotopic (exact) mass is 376 g/mol. The maximum absolute atomic E-state index is 12.2. The fourth-order valence-electron chi connectivity index (χ4n) is 2.60. The minimum Gasteiger partial charge on any atom is -0.321 e. The average Bonchev–Trinajstić information content (AvgIpc) is 2.56. The summed E-state index contributed by atoms with van der Waals surface area (Å²) in [5, 5.41) is 1.42. The highest BCUT2D eigenvalue weighted by Gasteiger charge is 2.13. The van der Waals surface area contributed by atoms with Gasteiger partial charge in [0, 0.05) is 17.1 Å². The molecule has 0 aliphatic carbocycles. The number of aromatic nitrogens is 1. The van der Waals surface area contributed by atoms with Gasteiger partial charge in [-0.15, -0.1) is 0 Å². The van der Waals surface area contributed by atoms with Crippen LogP contribution in [0.2, 0.25) is 5.02 Å². The number of halogens is 1. The fourth-order valence-corrected chi connectivity index (χ4v) is 3.83. The predicted octanol–water partition coefficient (Wildman–Crippen LogP) is 3.11. The molecule has 0 spiro atoms. The third-order valence-electron chi connectivity index (χ3n) is 3.92. The summed E-state index contributed by atoms with van der Waals surface area (Å²) in [5.74, 6) is -0.172. The zero-order valence-electron chi connectivity index (χ0n) is 13.5. The number of benzene rings is 2. The first-order valence-electron chi connectivity index (χ1n) is 7.67. The molecule has 7 heteroatoms. The standard InChI is InChI=1S/C18H17ClN2O3S/c1-12-3-2-4-14-9-15(18(22)21-17(12)14)10-20-25(23,24)11-13-5-7-16(19)8-6-13/h2-9,20H,10-11H2,1H3,(H,21,22). The van der Waals surface area contributed by atoms with Crippen LogP contribution < -0.4 is 10.3 Å². The molecule has 0 amide bonds. The first-order chi connectivity index (χ1) is 11.8. The smallest absolute Gasteiger partial charge is 0.252 e. The van der Waals surface area contributed by atoms with E-state index in [0.717, 1.165) is 16.5 Å². The van der Waals surface area contributed by atoms with E-state index in [1.54, 1.807) is 30.3 Å². The first kappa shape index (κ1) is 17.7. The lowest BCUT2D eigenvalue weighted by atomic mass is 10.1. The highest BCUT2D eigenvalue weighted by molar-refractivity contribution is 7.88. The summed E-state index contributed by atoms with van der Waals surface area (Å²) >= 11 is 5.80. The van der Waals surface area contributed by atoms with Gasteiger partial charge in [-0.2, -0.15) is 0 Å². The third-order valence-corrected chi connectivity index (χ3v) is 5.47. The van der Waals surface area contributed by atoms with Crippen LogP contribution in [-0.4, -0.2) is 13.4 Å². The Morgan fingerprint density at radius 2 is 1.84 bits per heavy atom. The molecule has 0 radical (unpaired) electrons. The van der Waals surface area contributed by atoms with Gasteiger partial charge < -0.3 is 4.98 Å². The van der Waals surface area contributed by atoms with Crippen molar-refractivity contribution < 1.29 is 8.42 Å². The topological polar surface area (TPSA) is 79.0 Å². The van der Waals surface area contributed by atoms with Crippen LogP contribution >= 0.6 is 11.6 Å². The van der Waals surface area contributed by atoms with Crippen LogP contribution in [0.1, 0.15) is 16.7 Å². The number of sulfonamides is 1. The number of para-hydroxylation sites is 1. The van der Waals surface area contributed by atoms with Crippen molar-refractivity contribution >= 4 is 32.5 Å². The molecule has 3 aromatic rings. The highest BCUT2D eigenvalue weighted by Crippen LogP contribution is 2.15. The number of rotatable bonds is 5. The molecule has 0 saturated heterocycles. The van der Waals surface area contributed by atoms with Crippen LogP contribution in [0.25, 0.3) is 10.9 Å². The number of aryl methyl sites for hydroxylation is 1. The lowest BCUT2D eigenvalue weighted by Gasteiger charge is -2.08. The number of nitrogens with one attached hydrogen (secondary N) is 2. The summed E-state index contributed by atoms with van der Waals surface area (Å²) in [7, 11) is -3.57. The Hall–Kier alpha value is -2.15. The molecule has 3 rings (SSSR count). The fraction of sp³-hybridized carbons (Fsp3) is 0.167. The molecule has 5 nitrogen and oxygen atoms in total. The minimum atomic E-state index is -3.57. The number of aromatic amines is 1. The van der Waals surface area contributed by atoms with Crippen molar-refractivity contribution in [3.05, 3.63) is 80.6 Å². The minimum absolute atomic E-state index is 0.0604. The van der Waals surface area contributed by atoms with Crippen LogP contribution in [0.4, 0.5) is 0 Å². The van der Waals surface area contributed by atoms with E-state index in [2.05, 4.69) is 9.71 Å². The van der Waals surface area contributed by atoms with Gasteiger partial charge in [0.25, 0.3) is 5.56 Å². The van der Waals surface area contributed by atoms with Gasteiger partial charge >= 0.3 is 0 Å². The normalized spacial score (nSPS) is 11.8. The average molecular weight is 377 g/mol. The Labute approximate surface area is 150 Å². The quantitative estimate of drug-likeness (QED) is 0.718. The summed E-state index contributed by atoms with van der Waals surface area (Å²) in [6.07, 6.45) is 0. The van der Waals surface area contributed by atoms with E-state index in [1.165, 1.54) is 0 Å². The Balaban J connectivity index is 1.78. The molecule has 0 atom stereocenters. The molecular formula is C18H17ClN2O3S. The number of hydrogen-bond acceptors (Lipinski definition) is 3. The van der Waals surface area contributed by atoms with Crippen molar-refractivity contribution in [3.8, 4) is 0 Å². The van der Waals surface area contributed by atoms with E-state index < -0.39 is 10.0 Å². The Morgan fingerprint density at radius 3 is 2.56 bits per heavy atom. The molecule has 0 bridgehead atoms. The van der Waals surface area contributed by atoms with Crippen molar-refractivity contribution in [1.82, 2.24) is 9.71 Å². The third kappa shape index (κ3) is 4.28. The second-order valence-electron chi connectivity index (χ2n) is 5.87. The van der Waals surface area contributed by atoms with E-state index in [0.29, 0.717) is 16.1 Å². The molecule has 0 aliphatic rings. The van der Waals surface area contributed by atoms with Gasteiger partial charge in [0.15, 0.2) is 0 Å². The molecule has 0 unspecified atom stereocenters. The maximum atomic E-state index is 12.2. The SMILES string of the molecule is Cc1cccc2cc(CNS(=O)(=O)Cc3ccc(Cl)cc3)c(=O)[nH]c12. The van der Waals surface area contributed by atoms with Crippen LogP contribution in [0.15, 0.2) is 53.3 Å². The summed E-state index contributed by atoms with van der Waals surface area (Å²) in [6.45, 7) is 1.85. The lowest BCUT2D eigenvalue weighted by molar-refractivity contribution is 0.580. The van der Waals surface area contributed by atoms with Crippen LogP contribution in [0.5, 0.6) is 0 Å². The van der Waals surface area contributed by atoms with E-state index in [9.17, 15) is 13.2 Å². The van der Waals surface area contributed by atoms with Crippen molar-refractivity contribution in [2.75, 3.05) is 0 Å². The summed E-state index contributed by atoms with van der Waals surface area (Å²) in [4.78, 5) is 15.0. The molecule has 0 saturated carbocycles. The highest BCUT2D eigenvalue weighted by atomic mass is 35.5. The van der Waals surface area contributed by atoms with Crippen LogP contribution in [0, 0.1) is 6.92 Å². The van der Waals surface area contributed by atoms with Crippen molar-refractivity contribution in [1.29, 1.82) is 0 Å². The largest absolute Gasteiger partial charge is 0.321 e. The number of fused-ring (bicyclic) bond motifs is 1. The van der Waals surface area contributed by atoms with Gasteiger partial charge in [-0.3, -0.25) is 4.79 Å². The van der Waals surface area contributed by atoms with Gasteiger partial charge in [-0.1, -0.05) is 41.9 Å². The van der Waals surface area contributed by atoms with E-state index >= 15 is 0 Å². The zero-order valence-corrected chi connectivity index (χ0v) is 15.1. The molecule has 130 valence electrons. The summed E-state index contributed by atoms with van der Waals surface area (Å²) in [5.41, 5.74) is 2.43. The van der Waals surface area contributed by atoms with Crippen LogP contribution in [-0.2, 0) is 22.3 Å². The Bertz CT molecular complexity index is 1070. The molecule has 0 aliphatic heterocycles. The van der Waals surface area contributed by atoms with E-state index in [1.807, 2.05) is 25.1 Å². The molecule has 2 aromatic carbocycles. The van der Waals surface area contributed by atoms with Crippen molar-refractivity contribution in [3.63, 3.8) is 0 Å².